The molecule has 2 N–H and O–H groups in total. The van der Waals surface area contributed by atoms with Crippen molar-refractivity contribution in [2.75, 3.05) is 0 Å². The second-order valence-corrected chi connectivity index (χ2v) is 7.07. The Kier molecular flexibility index (Phi) is 16.4. The normalized spacial score (nSPS) is 13.6. The number of allylic oxidation sites excluding steroid dienone is 1. The number of rotatable bonds is 18. The minimum atomic E-state index is -0.919. The predicted octanol–water partition coefficient (Wildman–Crippen LogP) is 6.11. The number of carboxylic acids is 1. The van der Waals surface area contributed by atoms with Gasteiger partial charge < -0.3 is 10.2 Å². The highest BCUT2D eigenvalue weighted by molar-refractivity contribution is 5.70. The first-order valence-electron chi connectivity index (χ1n) is 10.1. The number of aliphatic hydroxyl groups is 1. The maximum Gasteiger partial charge on any atom is 0.309 e. The summed E-state index contributed by atoms with van der Waals surface area (Å²) in [7, 11) is 0. The molecule has 0 radical (unpaired) electrons. The van der Waals surface area contributed by atoms with E-state index in [0.29, 0.717) is 12.8 Å². The molecule has 2 atom stereocenters. The number of hydrogen-bond donors (Lipinski definition) is 2. The van der Waals surface area contributed by atoms with Gasteiger partial charge in [-0.25, -0.2) is 0 Å². The van der Waals surface area contributed by atoms with Gasteiger partial charge in [0.15, 0.2) is 0 Å². The fraction of sp³-hybridized carbons (Fsp3) is 0.857. The maximum atomic E-state index is 11.1. The molecule has 142 valence electrons. The van der Waals surface area contributed by atoms with Crippen LogP contribution in [0, 0.1) is 5.92 Å². The summed E-state index contributed by atoms with van der Waals surface area (Å²) >= 11 is 0. The largest absolute Gasteiger partial charge is 0.481 e. The summed E-state index contributed by atoms with van der Waals surface area (Å²) < 4.78 is 0. The topological polar surface area (TPSA) is 57.5 Å². The molecule has 0 aromatic carbocycles. The highest BCUT2D eigenvalue weighted by Crippen LogP contribution is 2.18. The highest BCUT2D eigenvalue weighted by Gasteiger charge is 2.24. The monoisotopic (exact) mass is 340 g/mol. The number of hydrogen-bond acceptors (Lipinski definition) is 2. The molecule has 0 saturated carbocycles. The van der Waals surface area contributed by atoms with Gasteiger partial charge in [0.2, 0.25) is 0 Å². The van der Waals surface area contributed by atoms with Gasteiger partial charge in [-0.1, -0.05) is 96.5 Å². The first-order valence-corrected chi connectivity index (χ1v) is 10.1. The number of unbranched alkanes of at least 4 members (excludes halogenated alkanes) is 12. The summed E-state index contributed by atoms with van der Waals surface area (Å²) in [6.45, 7) is 5.82. The van der Waals surface area contributed by atoms with Gasteiger partial charge >= 0.3 is 5.97 Å². The van der Waals surface area contributed by atoms with Crippen molar-refractivity contribution in [3.05, 3.63) is 12.7 Å². The Labute approximate surface area is 149 Å². The van der Waals surface area contributed by atoms with Crippen molar-refractivity contribution in [3.63, 3.8) is 0 Å². The molecule has 0 amide bonds. The molecule has 0 aliphatic carbocycles. The lowest BCUT2D eigenvalue weighted by Crippen LogP contribution is -2.27. The standard InChI is InChI=1S/C21H40O3/c1-3-5-6-7-8-9-10-11-12-13-14-15-16-18-20(22)19(17-4-2)21(23)24/h4,19-20,22H,2-3,5-18H2,1H3,(H,23,24). The summed E-state index contributed by atoms with van der Waals surface area (Å²) in [6, 6.07) is 0. The van der Waals surface area contributed by atoms with Crippen LogP contribution in [0.5, 0.6) is 0 Å². The lowest BCUT2D eigenvalue weighted by Gasteiger charge is -2.17. The molecule has 3 heteroatoms. The molecule has 0 aliphatic rings. The van der Waals surface area contributed by atoms with E-state index in [-0.39, 0.29) is 0 Å². The number of carboxylic acid groups (broad SMARTS) is 1. The summed E-state index contributed by atoms with van der Waals surface area (Å²) in [5.41, 5.74) is 0. The second-order valence-electron chi connectivity index (χ2n) is 7.07. The van der Waals surface area contributed by atoms with E-state index in [1.165, 1.54) is 70.6 Å². The van der Waals surface area contributed by atoms with Gasteiger partial charge in [-0.15, -0.1) is 6.58 Å². The lowest BCUT2D eigenvalue weighted by molar-refractivity contribution is -0.145. The van der Waals surface area contributed by atoms with Crippen LogP contribution in [0.1, 0.15) is 103 Å². The van der Waals surface area contributed by atoms with Gasteiger partial charge in [-0.2, -0.15) is 0 Å². The van der Waals surface area contributed by atoms with Crippen LogP contribution in [-0.4, -0.2) is 22.3 Å². The Morgan fingerprint density at radius 2 is 1.29 bits per heavy atom. The van der Waals surface area contributed by atoms with Crippen molar-refractivity contribution in [1.29, 1.82) is 0 Å². The lowest BCUT2D eigenvalue weighted by atomic mass is 9.94. The summed E-state index contributed by atoms with van der Waals surface area (Å²) in [5, 5.41) is 19.0. The van der Waals surface area contributed by atoms with Crippen molar-refractivity contribution in [2.45, 2.75) is 109 Å². The Morgan fingerprint density at radius 3 is 1.67 bits per heavy atom. The smallest absolute Gasteiger partial charge is 0.309 e. The Bertz CT molecular complexity index is 301. The zero-order chi connectivity index (χ0) is 18.0. The highest BCUT2D eigenvalue weighted by atomic mass is 16.4. The molecule has 0 spiro atoms. The summed E-state index contributed by atoms with van der Waals surface area (Å²) in [4.78, 5) is 11.1. The molecule has 0 aromatic rings. The van der Waals surface area contributed by atoms with E-state index in [1.807, 2.05) is 0 Å². The van der Waals surface area contributed by atoms with E-state index >= 15 is 0 Å². The second kappa shape index (κ2) is 17.0. The summed E-state index contributed by atoms with van der Waals surface area (Å²) in [5.74, 6) is -1.61. The van der Waals surface area contributed by atoms with E-state index in [2.05, 4.69) is 13.5 Å². The minimum absolute atomic E-state index is 0.342. The molecular formula is C21H40O3. The Hall–Kier alpha value is -0.830. The first-order chi connectivity index (χ1) is 11.6. The van der Waals surface area contributed by atoms with E-state index < -0.39 is 18.0 Å². The zero-order valence-electron chi connectivity index (χ0n) is 15.8. The van der Waals surface area contributed by atoms with Gasteiger partial charge in [-0.05, 0) is 12.8 Å². The molecular weight excluding hydrogens is 300 g/mol. The maximum absolute atomic E-state index is 11.1. The fourth-order valence-electron chi connectivity index (χ4n) is 3.17. The minimum Gasteiger partial charge on any atom is -0.481 e. The van der Waals surface area contributed by atoms with Crippen LogP contribution in [-0.2, 0) is 4.79 Å². The van der Waals surface area contributed by atoms with E-state index in [9.17, 15) is 9.90 Å². The number of aliphatic hydroxyl groups excluding tert-OH is 1. The van der Waals surface area contributed by atoms with E-state index in [1.54, 1.807) is 6.08 Å². The zero-order valence-corrected chi connectivity index (χ0v) is 15.8. The van der Waals surface area contributed by atoms with Crippen LogP contribution in [0.15, 0.2) is 12.7 Å². The SMILES string of the molecule is C=CCC(C(=O)O)C(O)CCCCCCCCCCCCCCC. The average Bonchev–Trinajstić information content (AvgIpc) is 2.56. The fourth-order valence-corrected chi connectivity index (χ4v) is 3.17. The van der Waals surface area contributed by atoms with Gasteiger partial charge in [-0.3, -0.25) is 4.79 Å². The molecule has 0 bridgehead atoms. The number of aliphatic carboxylic acids is 1. The van der Waals surface area contributed by atoms with Crippen molar-refractivity contribution >= 4 is 5.97 Å². The molecule has 0 fully saturated rings. The van der Waals surface area contributed by atoms with E-state index in [4.69, 9.17) is 5.11 Å². The molecule has 0 aliphatic heterocycles. The predicted molar refractivity (Wildman–Crippen MR) is 102 cm³/mol. The van der Waals surface area contributed by atoms with Crippen LogP contribution in [0.4, 0.5) is 0 Å². The van der Waals surface area contributed by atoms with Gasteiger partial charge in [0, 0.05) is 0 Å². The molecule has 2 unspecified atom stereocenters. The van der Waals surface area contributed by atoms with Crippen molar-refractivity contribution in [3.8, 4) is 0 Å². The molecule has 0 aromatic heterocycles. The van der Waals surface area contributed by atoms with Crippen LogP contribution < -0.4 is 0 Å². The van der Waals surface area contributed by atoms with Gasteiger partial charge in [0.1, 0.15) is 0 Å². The number of carbonyl (C=O) groups is 1. The van der Waals surface area contributed by atoms with Gasteiger partial charge in [0.05, 0.1) is 12.0 Å². The third-order valence-electron chi connectivity index (χ3n) is 4.81. The molecule has 3 nitrogen and oxygen atoms in total. The molecule has 0 heterocycles. The molecule has 0 rings (SSSR count). The van der Waals surface area contributed by atoms with Gasteiger partial charge in [0.25, 0.3) is 0 Å². The van der Waals surface area contributed by atoms with Crippen LogP contribution in [0.3, 0.4) is 0 Å². The van der Waals surface area contributed by atoms with Crippen molar-refractivity contribution < 1.29 is 15.0 Å². The average molecular weight is 341 g/mol. The Morgan fingerprint density at radius 1 is 0.875 bits per heavy atom. The summed E-state index contributed by atoms with van der Waals surface area (Å²) in [6.07, 6.45) is 18.5. The quantitative estimate of drug-likeness (QED) is 0.234. The first kappa shape index (κ1) is 23.2. The van der Waals surface area contributed by atoms with E-state index in [0.717, 1.165) is 12.8 Å². The third-order valence-corrected chi connectivity index (χ3v) is 4.81. The van der Waals surface area contributed by atoms with Crippen molar-refractivity contribution in [2.24, 2.45) is 5.92 Å². The third kappa shape index (κ3) is 13.6. The Balaban J connectivity index is 3.38. The molecule has 24 heavy (non-hydrogen) atoms. The van der Waals surface area contributed by atoms with Crippen molar-refractivity contribution in [1.82, 2.24) is 0 Å². The molecule has 0 saturated heterocycles. The van der Waals surface area contributed by atoms with Crippen LogP contribution in [0.2, 0.25) is 0 Å². The van der Waals surface area contributed by atoms with Crippen LogP contribution in [0.25, 0.3) is 0 Å². The van der Waals surface area contributed by atoms with Crippen LogP contribution >= 0.6 is 0 Å².